The van der Waals surface area contributed by atoms with Crippen molar-refractivity contribution in [3.8, 4) is 22.8 Å². The Morgan fingerprint density at radius 3 is 2.49 bits per heavy atom. The van der Waals surface area contributed by atoms with Crippen molar-refractivity contribution >= 4 is 33.4 Å². The third-order valence-corrected chi connectivity index (χ3v) is 10.7. The van der Waals surface area contributed by atoms with Crippen LogP contribution in [-0.4, -0.2) is 46.1 Å². The van der Waals surface area contributed by atoms with Crippen molar-refractivity contribution in [1.29, 1.82) is 0 Å². The molecule has 0 saturated heterocycles. The van der Waals surface area contributed by atoms with Gasteiger partial charge in [0.25, 0.3) is 5.91 Å². The van der Waals surface area contributed by atoms with Gasteiger partial charge in [0.05, 0.1) is 28.1 Å². The Kier molecular flexibility index (Phi) is 6.82. The summed E-state index contributed by atoms with van der Waals surface area (Å²) in [4.78, 5) is 35.6. The molecule has 3 saturated carbocycles. The highest BCUT2D eigenvalue weighted by Gasteiger charge is 2.50. The minimum atomic E-state index is -1.77. The van der Waals surface area contributed by atoms with E-state index in [1.165, 1.54) is 6.07 Å². The second-order valence-electron chi connectivity index (χ2n) is 13.3. The first-order valence-electron chi connectivity index (χ1n) is 15.7. The number of nitrogens with zero attached hydrogens (tertiary/aromatic N) is 2. The molecule has 3 heterocycles. The van der Waals surface area contributed by atoms with Crippen LogP contribution in [0.5, 0.6) is 11.5 Å². The number of hydrogen-bond donors (Lipinski definition) is 3. The van der Waals surface area contributed by atoms with E-state index in [9.17, 15) is 23.5 Å². The summed E-state index contributed by atoms with van der Waals surface area (Å²) in [5.41, 5.74) is 3.31. The van der Waals surface area contributed by atoms with E-state index in [1.54, 1.807) is 30.4 Å². The van der Waals surface area contributed by atoms with Crippen LogP contribution in [-0.2, 0) is 15.8 Å². The highest BCUT2D eigenvalue weighted by Crippen LogP contribution is 2.50. The number of rotatable bonds is 10. The van der Waals surface area contributed by atoms with Crippen LogP contribution in [0.1, 0.15) is 78.0 Å². The summed E-state index contributed by atoms with van der Waals surface area (Å²) in [5, 5.41) is 16.1. The monoisotopic (exact) mass is 664 g/mol. The number of nitrogens with two attached hydrogens (primary N) is 1. The van der Waals surface area contributed by atoms with Crippen LogP contribution in [0.15, 0.2) is 30.3 Å². The minimum absolute atomic E-state index is 0.0147. The Balaban J connectivity index is 1.17. The summed E-state index contributed by atoms with van der Waals surface area (Å²) in [7, 11) is 0. The van der Waals surface area contributed by atoms with Gasteiger partial charge in [0, 0.05) is 28.7 Å². The summed E-state index contributed by atoms with van der Waals surface area (Å²) in [6.07, 6.45) is 5.39. The van der Waals surface area contributed by atoms with E-state index >= 15 is 4.39 Å². The van der Waals surface area contributed by atoms with Gasteiger partial charge in [-0.15, -0.1) is 11.3 Å². The number of hydrogen-bond acceptors (Lipinski definition) is 8. The van der Waals surface area contributed by atoms with Gasteiger partial charge in [-0.3, -0.25) is 9.59 Å². The Bertz CT molecular complexity index is 1990. The molecule has 4 aliphatic rings. The Hall–Kier alpha value is -4.23. The second-order valence-corrected chi connectivity index (χ2v) is 14.4. The van der Waals surface area contributed by atoms with Crippen molar-refractivity contribution in [3.05, 3.63) is 69.6 Å². The van der Waals surface area contributed by atoms with Crippen molar-refractivity contribution in [3.63, 3.8) is 0 Å². The fourth-order valence-electron chi connectivity index (χ4n) is 6.13. The van der Waals surface area contributed by atoms with Crippen LogP contribution >= 0.6 is 11.3 Å². The maximum absolute atomic E-state index is 15.1. The first-order valence-corrected chi connectivity index (χ1v) is 16.5. The van der Waals surface area contributed by atoms with Gasteiger partial charge in [0.2, 0.25) is 5.91 Å². The average Bonchev–Trinajstić information content (AvgIpc) is 3.92. The molecule has 0 radical (unpaired) electrons. The second kappa shape index (κ2) is 10.6. The number of aromatic nitrogens is 2. The zero-order chi connectivity index (χ0) is 32.8. The standard InChI is InChI=1S/C34H31F3N4O5S/c1-33(32(38)43)14-45-29-20(33)11-26(40-27(29)19-10-22(36)23(37)12-21(19)35)34(44,17-4-5-17)13-39-30(42)16-8-24(46-18-6-7-18)28-25(9-16)47-31(41-28)15-2-3-15/h8-12,15,17-18,44H,2-7,13-14H2,1H3,(H2,38,43)(H,39,42)/t33-,34+/m0/s1. The number of thiazole rings is 1. The summed E-state index contributed by atoms with van der Waals surface area (Å²) in [6.45, 7) is 1.07. The van der Waals surface area contributed by atoms with Gasteiger partial charge in [-0.05, 0) is 75.6 Å². The van der Waals surface area contributed by atoms with Crippen LogP contribution in [0, 0.1) is 23.4 Å². The van der Waals surface area contributed by atoms with E-state index in [4.69, 9.17) is 20.2 Å². The lowest BCUT2D eigenvalue weighted by molar-refractivity contribution is -0.123. The zero-order valence-corrected chi connectivity index (χ0v) is 26.2. The Morgan fingerprint density at radius 2 is 1.81 bits per heavy atom. The van der Waals surface area contributed by atoms with E-state index in [1.807, 2.05) is 0 Å². The SMILES string of the molecule is C[C@]1(C(N)=O)COc2c1cc([C@@](O)(CNC(=O)c1cc(OC3CC3)c3nc(C4CC4)sc3c1)C1CC1)nc2-c1cc(F)c(F)cc1F. The molecule has 4 N–H and O–H groups in total. The summed E-state index contributed by atoms with van der Waals surface area (Å²) < 4.78 is 56.1. The van der Waals surface area contributed by atoms with Crippen molar-refractivity contribution in [2.45, 2.75) is 68.5 Å². The molecule has 2 aromatic heterocycles. The van der Waals surface area contributed by atoms with Gasteiger partial charge < -0.3 is 25.6 Å². The van der Waals surface area contributed by atoms with E-state index < -0.39 is 45.8 Å². The summed E-state index contributed by atoms with van der Waals surface area (Å²) in [6, 6.07) is 5.98. The lowest BCUT2D eigenvalue weighted by Crippen LogP contribution is -2.44. The molecule has 0 spiro atoms. The Labute approximate surface area is 271 Å². The lowest BCUT2D eigenvalue weighted by Gasteiger charge is -2.30. The normalized spacial score (nSPS) is 21.6. The van der Waals surface area contributed by atoms with E-state index in [0.717, 1.165) is 40.9 Å². The van der Waals surface area contributed by atoms with Crippen LogP contribution in [0.4, 0.5) is 13.2 Å². The van der Waals surface area contributed by atoms with Gasteiger partial charge in [-0.25, -0.2) is 23.1 Å². The summed E-state index contributed by atoms with van der Waals surface area (Å²) >= 11 is 1.55. The number of benzene rings is 2. The number of amides is 2. The molecule has 244 valence electrons. The predicted molar refractivity (Wildman–Crippen MR) is 166 cm³/mol. The molecule has 4 aromatic rings. The molecule has 2 aromatic carbocycles. The van der Waals surface area contributed by atoms with Gasteiger partial charge in [-0.1, -0.05) is 0 Å². The molecule has 47 heavy (non-hydrogen) atoms. The largest absolute Gasteiger partial charge is 0.489 e. The fraction of sp³-hybridized carbons (Fsp3) is 0.412. The molecular weight excluding hydrogens is 633 g/mol. The first kappa shape index (κ1) is 30.1. The number of carbonyl (C=O) groups excluding carboxylic acids is 2. The van der Waals surface area contributed by atoms with Crippen LogP contribution in [0.3, 0.4) is 0 Å². The molecular formula is C34H31F3N4O5S. The van der Waals surface area contributed by atoms with Crippen LogP contribution < -0.4 is 20.5 Å². The van der Waals surface area contributed by atoms with Gasteiger partial charge >= 0.3 is 0 Å². The topological polar surface area (TPSA) is 137 Å². The minimum Gasteiger partial charge on any atom is -0.489 e. The van der Waals surface area contributed by atoms with Crippen LogP contribution in [0.2, 0.25) is 0 Å². The van der Waals surface area contributed by atoms with Gasteiger partial charge in [0.1, 0.15) is 46.1 Å². The summed E-state index contributed by atoms with van der Waals surface area (Å²) in [5.74, 6) is -4.35. The van der Waals surface area contributed by atoms with Gasteiger partial charge in [-0.2, -0.15) is 0 Å². The number of carbonyl (C=O) groups is 2. The number of pyridine rings is 1. The number of ether oxygens (including phenoxy) is 2. The number of primary amides is 1. The number of fused-ring (bicyclic) bond motifs is 2. The van der Waals surface area contributed by atoms with Crippen molar-refractivity contribution in [1.82, 2.24) is 15.3 Å². The average molecular weight is 665 g/mol. The van der Waals surface area contributed by atoms with Crippen molar-refractivity contribution in [2.75, 3.05) is 13.2 Å². The van der Waals surface area contributed by atoms with Crippen molar-refractivity contribution in [2.24, 2.45) is 11.7 Å². The molecule has 1 aliphatic heterocycles. The van der Waals surface area contributed by atoms with E-state index in [0.29, 0.717) is 42.2 Å². The van der Waals surface area contributed by atoms with Crippen LogP contribution in [0.25, 0.3) is 21.5 Å². The Morgan fingerprint density at radius 1 is 1.06 bits per heavy atom. The molecule has 0 bridgehead atoms. The van der Waals surface area contributed by atoms with Crippen molar-refractivity contribution < 1.29 is 37.3 Å². The molecule has 8 rings (SSSR count). The third kappa shape index (κ3) is 5.20. The quantitative estimate of drug-likeness (QED) is 0.194. The maximum Gasteiger partial charge on any atom is 0.251 e. The molecule has 2 atom stereocenters. The molecule has 0 unspecified atom stereocenters. The predicted octanol–water partition coefficient (Wildman–Crippen LogP) is 5.36. The lowest BCUT2D eigenvalue weighted by atomic mass is 9.81. The molecule has 3 fully saturated rings. The zero-order valence-electron chi connectivity index (χ0n) is 25.4. The maximum atomic E-state index is 15.1. The van der Waals surface area contributed by atoms with Gasteiger partial charge in [0.15, 0.2) is 11.6 Å². The molecule has 3 aliphatic carbocycles. The molecule has 9 nitrogen and oxygen atoms in total. The number of nitrogens with one attached hydrogen (secondary N) is 1. The molecule has 13 heteroatoms. The fourth-order valence-corrected chi connectivity index (χ4v) is 7.32. The number of halogens is 3. The first-order chi connectivity index (χ1) is 22.4. The third-order valence-electron chi connectivity index (χ3n) is 9.58. The number of aliphatic hydroxyl groups is 1. The molecule has 2 amide bonds. The smallest absolute Gasteiger partial charge is 0.251 e. The highest BCUT2D eigenvalue weighted by atomic mass is 32.1. The van der Waals surface area contributed by atoms with E-state index in [2.05, 4.69) is 10.3 Å². The van der Waals surface area contributed by atoms with E-state index in [-0.39, 0.29) is 47.9 Å². The highest BCUT2D eigenvalue weighted by molar-refractivity contribution is 7.18.